The number of nitrogens with zero attached hydrogens (tertiary/aromatic N) is 2. The highest BCUT2D eigenvalue weighted by Gasteiger charge is 2.12. The quantitative estimate of drug-likeness (QED) is 0.919. The lowest BCUT2D eigenvalue weighted by Gasteiger charge is -2.08. The third kappa shape index (κ3) is 2.52. The van der Waals surface area contributed by atoms with E-state index in [1.165, 1.54) is 24.3 Å². The number of hydrogen-bond acceptors (Lipinski definition) is 3. The summed E-state index contributed by atoms with van der Waals surface area (Å²) in [7, 11) is 0. The molecule has 0 fully saturated rings. The number of anilines is 1. The van der Waals surface area contributed by atoms with Crippen molar-refractivity contribution in [2.24, 2.45) is 0 Å². The van der Waals surface area contributed by atoms with Crippen molar-refractivity contribution < 1.29 is 8.78 Å². The van der Waals surface area contributed by atoms with Gasteiger partial charge in [-0.25, -0.2) is 13.8 Å². The number of rotatable bonds is 3. The first-order valence-corrected chi connectivity index (χ1v) is 5.76. The second-order valence-electron chi connectivity index (χ2n) is 3.84. The minimum Gasteiger partial charge on any atom is -0.369 e. The van der Waals surface area contributed by atoms with E-state index in [2.05, 4.69) is 10.3 Å². The van der Waals surface area contributed by atoms with Gasteiger partial charge >= 0.3 is 0 Å². The minimum absolute atomic E-state index is 0.0728. The van der Waals surface area contributed by atoms with E-state index in [0.29, 0.717) is 17.9 Å². The summed E-state index contributed by atoms with van der Waals surface area (Å²) < 4.78 is 26.9. The van der Waals surface area contributed by atoms with Gasteiger partial charge in [0.1, 0.15) is 11.9 Å². The van der Waals surface area contributed by atoms with Gasteiger partial charge in [-0.3, -0.25) is 0 Å². The van der Waals surface area contributed by atoms with E-state index in [9.17, 15) is 8.78 Å². The molecule has 2 aromatic rings. The van der Waals surface area contributed by atoms with Crippen molar-refractivity contribution in [2.45, 2.75) is 6.92 Å². The van der Waals surface area contributed by atoms with Gasteiger partial charge in [0, 0.05) is 12.1 Å². The van der Waals surface area contributed by atoms with Crippen molar-refractivity contribution in [1.29, 1.82) is 5.26 Å². The molecule has 0 unspecified atom stereocenters. The summed E-state index contributed by atoms with van der Waals surface area (Å²) in [6, 6.07) is 8.94. The molecule has 0 saturated heterocycles. The van der Waals surface area contributed by atoms with Gasteiger partial charge in [-0.05, 0) is 31.2 Å². The third-order valence-corrected chi connectivity index (χ3v) is 2.59. The number of pyridine rings is 1. The Morgan fingerprint density at radius 2 is 2.05 bits per heavy atom. The number of halogens is 2. The molecule has 2 rings (SSSR count). The van der Waals surface area contributed by atoms with E-state index < -0.39 is 11.6 Å². The lowest BCUT2D eigenvalue weighted by Crippen LogP contribution is -2.03. The van der Waals surface area contributed by atoms with Crippen LogP contribution < -0.4 is 5.32 Å². The van der Waals surface area contributed by atoms with Crippen molar-refractivity contribution in [2.75, 3.05) is 11.9 Å². The first-order chi connectivity index (χ1) is 9.17. The third-order valence-electron chi connectivity index (χ3n) is 2.59. The predicted octanol–water partition coefficient (Wildman–Crippen LogP) is 3.33. The van der Waals surface area contributed by atoms with Crippen LogP contribution in [0.5, 0.6) is 0 Å². The summed E-state index contributed by atoms with van der Waals surface area (Å²) in [4.78, 5) is 4.17. The molecule has 1 heterocycles. The fraction of sp³-hybridized carbons (Fsp3) is 0.143. The number of benzene rings is 1. The largest absolute Gasteiger partial charge is 0.369 e. The van der Waals surface area contributed by atoms with E-state index in [4.69, 9.17) is 5.26 Å². The van der Waals surface area contributed by atoms with Crippen molar-refractivity contribution in [1.82, 2.24) is 4.98 Å². The molecular weight excluding hydrogens is 248 g/mol. The average molecular weight is 259 g/mol. The van der Waals surface area contributed by atoms with E-state index in [1.54, 1.807) is 0 Å². The molecule has 0 atom stereocenters. The molecule has 0 amide bonds. The Balaban J connectivity index is 2.55. The highest BCUT2D eigenvalue weighted by molar-refractivity contribution is 5.65. The Kier molecular flexibility index (Phi) is 3.71. The molecule has 1 aromatic carbocycles. The second kappa shape index (κ2) is 5.44. The van der Waals surface area contributed by atoms with Crippen LogP contribution in [0.3, 0.4) is 0 Å². The van der Waals surface area contributed by atoms with Crippen molar-refractivity contribution in [3.8, 4) is 17.3 Å². The molecule has 0 aliphatic heterocycles. The van der Waals surface area contributed by atoms with E-state index >= 15 is 0 Å². The highest BCUT2D eigenvalue weighted by atomic mass is 19.2. The first-order valence-electron chi connectivity index (χ1n) is 5.76. The zero-order valence-electron chi connectivity index (χ0n) is 10.2. The van der Waals surface area contributed by atoms with Crippen LogP contribution in [0.2, 0.25) is 0 Å². The molecule has 0 aliphatic carbocycles. The molecule has 1 aromatic heterocycles. The Hall–Kier alpha value is -2.48. The van der Waals surface area contributed by atoms with E-state index in [0.717, 1.165) is 6.07 Å². The number of hydrogen-bond donors (Lipinski definition) is 1. The smallest absolute Gasteiger partial charge is 0.168 e. The van der Waals surface area contributed by atoms with Gasteiger partial charge < -0.3 is 5.32 Å². The molecule has 5 heteroatoms. The molecule has 0 radical (unpaired) electrons. The van der Waals surface area contributed by atoms with Crippen molar-refractivity contribution >= 4 is 5.82 Å². The van der Waals surface area contributed by atoms with Crippen LogP contribution in [0.25, 0.3) is 11.3 Å². The van der Waals surface area contributed by atoms with Crippen LogP contribution in [0.4, 0.5) is 14.6 Å². The average Bonchev–Trinajstić information content (AvgIpc) is 2.42. The van der Waals surface area contributed by atoms with Gasteiger partial charge in [-0.15, -0.1) is 0 Å². The standard InChI is InChI=1S/C14H11F2N3/c1-2-18-14-9(8-17)6-7-12(19-14)10-4-3-5-11(15)13(10)16/h3-7H,2H2,1H3,(H,18,19). The topological polar surface area (TPSA) is 48.7 Å². The molecule has 96 valence electrons. The van der Waals surface area contributed by atoms with Gasteiger partial charge in [0.05, 0.1) is 11.3 Å². The first kappa shape index (κ1) is 13.0. The minimum atomic E-state index is -0.942. The maximum atomic E-state index is 13.7. The van der Waals surface area contributed by atoms with Crippen molar-refractivity contribution in [3.05, 3.63) is 47.5 Å². The van der Waals surface area contributed by atoms with Gasteiger partial charge in [-0.1, -0.05) is 6.07 Å². The zero-order valence-corrected chi connectivity index (χ0v) is 10.2. The van der Waals surface area contributed by atoms with E-state index in [1.807, 2.05) is 13.0 Å². The maximum absolute atomic E-state index is 13.7. The number of nitrogens with one attached hydrogen (secondary N) is 1. The molecule has 19 heavy (non-hydrogen) atoms. The second-order valence-corrected chi connectivity index (χ2v) is 3.84. The van der Waals surface area contributed by atoms with Crippen LogP contribution in [-0.4, -0.2) is 11.5 Å². The fourth-order valence-electron chi connectivity index (χ4n) is 1.70. The summed E-state index contributed by atoms with van der Waals surface area (Å²) >= 11 is 0. The van der Waals surface area contributed by atoms with Gasteiger partial charge in [0.25, 0.3) is 0 Å². The summed E-state index contributed by atoms with van der Waals surface area (Å²) in [5.74, 6) is -1.50. The summed E-state index contributed by atoms with van der Waals surface area (Å²) in [6.45, 7) is 2.44. The molecule has 0 saturated carbocycles. The van der Waals surface area contributed by atoms with Gasteiger partial charge in [0.2, 0.25) is 0 Å². The van der Waals surface area contributed by atoms with Crippen LogP contribution in [0.1, 0.15) is 12.5 Å². The van der Waals surface area contributed by atoms with Crippen LogP contribution in [-0.2, 0) is 0 Å². The Labute approximate surface area is 109 Å². The Bertz CT molecular complexity index is 648. The van der Waals surface area contributed by atoms with Crippen LogP contribution in [0, 0.1) is 23.0 Å². The normalized spacial score (nSPS) is 10.0. The Morgan fingerprint density at radius 1 is 1.26 bits per heavy atom. The molecule has 0 aliphatic rings. The SMILES string of the molecule is CCNc1nc(-c2cccc(F)c2F)ccc1C#N. The number of aromatic nitrogens is 1. The maximum Gasteiger partial charge on any atom is 0.168 e. The molecule has 0 bridgehead atoms. The van der Waals surface area contributed by atoms with E-state index in [-0.39, 0.29) is 11.3 Å². The Morgan fingerprint density at radius 3 is 2.74 bits per heavy atom. The van der Waals surface area contributed by atoms with Crippen molar-refractivity contribution in [3.63, 3.8) is 0 Å². The lowest BCUT2D eigenvalue weighted by molar-refractivity contribution is 0.511. The van der Waals surface area contributed by atoms with Crippen LogP contribution in [0.15, 0.2) is 30.3 Å². The summed E-state index contributed by atoms with van der Waals surface area (Å²) in [6.07, 6.45) is 0. The van der Waals surface area contributed by atoms with Crippen LogP contribution >= 0.6 is 0 Å². The van der Waals surface area contributed by atoms with Gasteiger partial charge in [-0.2, -0.15) is 5.26 Å². The van der Waals surface area contributed by atoms with Gasteiger partial charge in [0.15, 0.2) is 11.6 Å². The summed E-state index contributed by atoms with van der Waals surface area (Å²) in [5.41, 5.74) is 0.720. The lowest BCUT2D eigenvalue weighted by atomic mass is 10.1. The fourth-order valence-corrected chi connectivity index (χ4v) is 1.70. The molecular formula is C14H11F2N3. The molecule has 3 nitrogen and oxygen atoms in total. The molecule has 0 spiro atoms. The monoisotopic (exact) mass is 259 g/mol. The highest BCUT2D eigenvalue weighted by Crippen LogP contribution is 2.25. The molecule has 1 N–H and O–H groups in total. The zero-order chi connectivity index (χ0) is 13.8. The predicted molar refractivity (Wildman–Crippen MR) is 68.5 cm³/mol. The number of nitriles is 1. The summed E-state index contributed by atoms with van der Waals surface area (Å²) in [5, 5.41) is 11.9.